The van der Waals surface area contributed by atoms with E-state index < -0.39 is 36.7 Å². The minimum absolute atomic E-state index is 0.446. The molecule has 1 saturated heterocycles. The summed E-state index contributed by atoms with van der Waals surface area (Å²) < 4.78 is 6.14. The van der Waals surface area contributed by atoms with E-state index in [4.69, 9.17) is 9.84 Å². The molecule has 8 heteroatoms. The molecule has 1 aliphatic rings. The van der Waals surface area contributed by atoms with Gasteiger partial charge in [0.2, 0.25) is 0 Å². The maximum absolute atomic E-state index is 11.8. The summed E-state index contributed by atoms with van der Waals surface area (Å²) in [7, 11) is 1.65. The molecule has 4 N–H and O–H groups in total. The van der Waals surface area contributed by atoms with Gasteiger partial charge >= 0.3 is 0 Å². The number of nitrogens with one attached hydrogen (secondary N) is 1. The fourth-order valence-corrected chi connectivity index (χ4v) is 1.83. The number of hydrogen-bond acceptors (Lipinski definition) is 7. The van der Waals surface area contributed by atoms with Gasteiger partial charge < -0.3 is 25.4 Å². The highest BCUT2D eigenvalue weighted by atomic mass is 16.6. The van der Waals surface area contributed by atoms with Gasteiger partial charge in [-0.05, 0) is 0 Å². The summed E-state index contributed by atoms with van der Waals surface area (Å²) in [6.07, 6.45) is -3.19. The number of aliphatic hydroxyl groups excluding tert-OH is 3. The first-order chi connectivity index (χ1) is 8.58. The van der Waals surface area contributed by atoms with Crippen LogP contribution >= 0.6 is 0 Å². The molecule has 4 atom stereocenters. The van der Waals surface area contributed by atoms with E-state index in [0.717, 1.165) is 4.68 Å². The Hall–Kier alpha value is -1.48. The molecule has 0 aromatic carbocycles. The smallest absolute Gasteiger partial charge is 0.271 e. The van der Waals surface area contributed by atoms with Crippen molar-refractivity contribution in [1.82, 2.24) is 9.78 Å². The first-order valence-electron chi connectivity index (χ1n) is 5.47. The van der Waals surface area contributed by atoms with Gasteiger partial charge in [-0.25, -0.2) is 0 Å². The molecule has 1 aromatic heterocycles. The van der Waals surface area contributed by atoms with Crippen molar-refractivity contribution in [3.8, 4) is 0 Å². The highest BCUT2D eigenvalue weighted by molar-refractivity contribution is 5.37. The van der Waals surface area contributed by atoms with Crippen LogP contribution in [0.25, 0.3) is 0 Å². The van der Waals surface area contributed by atoms with Crippen molar-refractivity contribution in [3.63, 3.8) is 0 Å². The lowest BCUT2D eigenvalue weighted by Gasteiger charge is -2.16. The van der Waals surface area contributed by atoms with Crippen LogP contribution in [0.5, 0.6) is 0 Å². The molecule has 1 unspecified atom stereocenters. The van der Waals surface area contributed by atoms with Crippen molar-refractivity contribution in [2.45, 2.75) is 24.5 Å². The van der Waals surface area contributed by atoms with E-state index >= 15 is 0 Å². The summed E-state index contributed by atoms with van der Waals surface area (Å²) in [6, 6.07) is 1.29. The van der Waals surface area contributed by atoms with Gasteiger partial charge in [0.1, 0.15) is 18.3 Å². The van der Waals surface area contributed by atoms with Crippen molar-refractivity contribution in [1.29, 1.82) is 0 Å². The number of hydrogen-bond donors (Lipinski definition) is 4. The molecular weight excluding hydrogens is 242 g/mol. The second kappa shape index (κ2) is 5.02. The zero-order valence-electron chi connectivity index (χ0n) is 9.72. The minimum Gasteiger partial charge on any atom is -0.394 e. The molecule has 18 heavy (non-hydrogen) atoms. The van der Waals surface area contributed by atoms with Crippen LogP contribution in [0.15, 0.2) is 17.1 Å². The average molecular weight is 257 g/mol. The van der Waals surface area contributed by atoms with Crippen LogP contribution in [0.4, 0.5) is 5.69 Å². The van der Waals surface area contributed by atoms with Crippen molar-refractivity contribution >= 4 is 5.69 Å². The zero-order valence-corrected chi connectivity index (χ0v) is 9.72. The average Bonchev–Trinajstić information content (AvgIpc) is 2.66. The van der Waals surface area contributed by atoms with E-state index in [-0.39, 0.29) is 0 Å². The van der Waals surface area contributed by atoms with Crippen LogP contribution in [0.3, 0.4) is 0 Å². The van der Waals surface area contributed by atoms with Gasteiger partial charge in [0.25, 0.3) is 5.56 Å². The Morgan fingerprint density at radius 2 is 2.22 bits per heavy atom. The van der Waals surface area contributed by atoms with Crippen LogP contribution < -0.4 is 10.9 Å². The molecule has 1 fully saturated rings. The quantitative estimate of drug-likeness (QED) is 0.490. The molecule has 0 bridgehead atoms. The second-order valence-electron chi connectivity index (χ2n) is 4.01. The fourth-order valence-electron chi connectivity index (χ4n) is 1.83. The highest BCUT2D eigenvalue weighted by Crippen LogP contribution is 2.27. The Balaban J connectivity index is 2.30. The maximum Gasteiger partial charge on any atom is 0.271 e. The molecule has 100 valence electrons. The van der Waals surface area contributed by atoms with Crippen molar-refractivity contribution in [3.05, 3.63) is 22.6 Å². The van der Waals surface area contributed by atoms with E-state index in [0.29, 0.717) is 5.69 Å². The van der Waals surface area contributed by atoms with Gasteiger partial charge in [-0.3, -0.25) is 4.79 Å². The number of nitrogens with zero attached hydrogens (tertiary/aromatic N) is 2. The SMILES string of the molecule is CNc1cnn(C2O[C@H](CO)[C@@H](O)[C@H]2O)c(=O)c1. The predicted octanol–water partition coefficient (Wildman–Crippen LogP) is -2.10. The standard InChI is InChI=1S/C10H15N3O5/c1-11-5-2-7(15)13(12-3-5)10-9(17)8(16)6(4-14)18-10/h2-3,6,8-11,14,16-17H,4H2,1H3/t6-,8-,9-,10?/m1/s1. The van der Waals surface area contributed by atoms with Crippen LogP contribution in [-0.2, 0) is 4.74 Å². The lowest BCUT2D eigenvalue weighted by atomic mass is 10.1. The maximum atomic E-state index is 11.8. The van der Waals surface area contributed by atoms with Crippen molar-refractivity contribution in [2.75, 3.05) is 19.0 Å². The third kappa shape index (κ3) is 2.10. The summed E-state index contributed by atoms with van der Waals surface area (Å²) in [5.41, 5.74) is 0.0553. The molecular formula is C10H15N3O5. The lowest BCUT2D eigenvalue weighted by molar-refractivity contribution is -0.0609. The molecule has 0 spiro atoms. The van der Waals surface area contributed by atoms with Crippen LogP contribution in [0, 0.1) is 0 Å². The van der Waals surface area contributed by atoms with Gasteiger partial charge in [0.05, 0.1) is 18.5 Å². The van der Waals surface area contributed by atoms with Gasteiger partial charge in [-0.15, -0.1) is 0 Å². The van der Waals surface area contributed by atoms with Crippen LogP contribution in [0.1, 0.15) is 6.23 Å². The molecule has 0 radical (unpaired) electrons. The molecule has 2 rings (SSSR count). The van der Waals surface area contributed by atoms with Crippen LogP contribution in [-0.4, -0.2) is 57.1 Å². The monoisotopic (exact) mass is 257 g/mol. The summed E-state index contributed by atoms with van der Waals surface area (Å²) >= 11 is 0. The van der Waals surface area contributed by atoms with Gasteiger partial charge in [-0.2, -0.15) is 9.78 Å². The zero-order chi connectivity index (χ0) is 13.3. The molecule has 1 aliphatic heterocycles. The third-order valence-corrected chi connectivity index (χ3v) is 2.87. The van der Waals surface area contributed by atoms with Crippen molar-refractivity contribution in [2.24, 2.45) is 0 Å². The predicted molar refractivity (Wildman–Crippen MR) is 61.1 cm³/mol. The Kier molecular flexibility index (Phi) is 3.62. The first-order valence-corrected chi connectivity index (χ1v) is 5.47. The summed E-state index contributed by atoms with van der Waals surface area (Å²) in [5.74, 6) is 0. The third-order valence-electron chi connectivity index (χ3n) is 2.87. The Bertz CT molecular complexity index is 477. The Morgan fingerprint density at radius 3 is 2.72 bits per heavy atom. The van der Waals surface area contributed by atoms with Crippen molar-refractivity contribution < 1.29 is 20.1 Å². The number of ether oxygens (including phenoxy) is 1. The number of aliphatic hydroxyl groups is 3. The minimum atomic E-state index is -1.31. The van der Waals surface area contributed by atoms with E-state index in [1.165, 1.54) is 12.3 Å². The number of aromatic nitrogens is 2. The second-order valence-corrected chi connectivity index (χ2v) is 4.01. The number of rotatable bonds is 3. The Morgan fingerprint density at radius 1 is 1.50 bits per heavy atom. The normalized spacial score (nSPS) is 31.6. The van der Waals surface area contributed by atoms with E-state index in [1.807, 2.05) is 0 Å². The van der Waals surface area contributed by atoms with Gasteiger partial charge in [0, 0.05) is 13.1 Å². The first kappa shape index (κ1) is 13.0. The molecule has 0 amide bonds. The molecule has 0 aliphatic carbocycles. The van der Waals surface area contributed by atoms with E-state index in [1.54, 1.807) is 7.05 Å². The fraction of sp³-hybridized carbons (Fsp3) is 0.600. The largest absolute Gasteiger partial charge is 0.394 e. The summed E-state index contributed by atoms with van der Waals surface area (Å²) in [6.45, 7) is -0.446. The Labute approximate surface area is 102 Å². The van der Waals surface area contributed by atoms with E-state index in [2.05, 4.69) is 10.4 Å². The van der Waals surface area contributed by atoms with Gasteiger partial charge in [-0.1, -0.05) is 0 Å². The topological polar surface area (TPSA) is 117 Å². The molecule has 1 aromatic rings. The molecule has 8 nitrogen and oxygen atoms in total. The van der Waals surface area contributed by atoms with Crippen LogP contribution in [0.2, 0.25) is 0 Å². The summed E-state index contributed by atoms with van der Waals surface area (Å²) in [5, 5.41) is 34.9. The summed E-state index contributed by atoms with van der Waals surface area (Å²) in [4.78, 5) is 11.8. The van der Waals surface area contributed by atoms with E-state index in [9.17, 15) is 15.0 Å². The molecule has 2 heterocycles. The highest BCUT2D eigenvalue weighted by Gasteiger charge is 2.44. The number of anilines is 1. The molecule has 0 saturated carbocycles. The lowest BCUT2D eigenvalue weighted by Crippen LogP contribution is -2.36. The van der Waals surface area contributed by atoms with Gasteiger partial charge in [0.15, 0.2) is 6.23 Å².